The van der Waals surface area contributed by atoms with Gasteiger partial charge in [-0.2, -0.15) is 0 Å². The zero-order valence-corrected chi connectivity index (χ0v) is 11.6. The molecular weight excluding hydrogens is 289 g/mol. The van der Waals surface area contributed by atoms with Gasteiger partial charge in [0.1, 0.15) is 5.15 Å². The standard InChI is InChI=1S/C11H13BrClN3/c1-16(2)6-14-11-8(7-3-4-7)5-9(12)10(13)15-11/h5-7H,3-4H2,1-2H3. The number of rotatable bonds is 3. The van der Waals surface area contributed by atoms with Crippen LogP contribution in [0.5, 0.6) is 0 Å². The van der Waals surface area contributed by atoms with Crippen LogP contribution < -0.4 is 0 Å². The Hall–Kier alpha value is -0.610. The van der Waals surface area contributed by atoms with Crippen molar-refractivity contribution in [1.82, 2.24) is 9.88 Å². The number of aromatic nitrogens is 1. The lowest BCUT2D eigenvalue weighted by Crippen LogP contribution is -2.07. The van der Waals surface area contributed by atoms with Gasteiger partial charge in [-0.3, -0.25) is 0 Å². The van der Waals surface area contributed by atoms with Gasteiger partial charge in [0.15, 0.2) is 5.82 Å². The lowest BCUT2D eigenvalue weighted by molar-refractivity contribution is 0.643. The van der Waals surface area contributed by atoms with Crippen molar-refractivity contribution in [2.75, 3.05) is 14.1 Å². The molecule has 2 rings (SSSR count). The third-order valence-electron chi connectivity index (χ3n) is 2.37. The van der Waals surface area contributed by atoms with Crippen molar-refractivity contribution < 1.29 is 0 Å². The molecule has 86 valence electrons. The van der Waals surface area contributed by atoms with Crippen LogP contribution in [-0.4, -0.2) is 30.3 Å². The van der Waals surface area contributed by atoms with Crippen LogP contribution in [0.25, 0.3) is 0 Å². The van der Waals surface area contributed by atoms with Crippen molar-refractivity contribution in [2.24, 2.45) is 4.99 Å². The summed E-state index contributed by atoms with van der Waals surface area (Å²) in [5.74, 6) is 1.35. The minimum Gasteiger partial charge on any atom is -0.369 e. The van der Waals surface area contributed by atoms with Crippen LogP contribution in [0.1, 0.15) is 24.3 Å². The van der Waals surface area contributed by atoms with Gasteiger partial charge in [0, 0.05) is 19.7 Å². The highest BCUT2D eigenvalue weighted by Crippen LogP contribution is 2.45. The van der Waals surface area contributed by atoms with Crippen molar-refractivity contribution in [1.29, 1.82) is 0 Å². The number of hydrogen-bond acceptors (Lipinski definition) is 2. The minimum absolute atomic E-state index is 0.468. The van der Waals surface area contributed by atoms with Crippen molar-refractivity contribution in [3.63, 3.8) is 0 Å². The molecule has 0 bridgehead atoms. The summed E-state index contributed by atoms with van der Waals surface area (Å²) >= 11 is 9.38. The van der Waals surface area contributed by atoms with Gasteiger partial charge in [0.2, 0.25) is 0 Å². The second kappa shape index (κ2) is 4.72. The Morgan fingerprint density at radius 3 is 2.81 bits per heavy atom. The predicted molar refractivity (Wildman–Crippen MR) is 70.8 cm³/mol. The van der Waals surface area contributed by atoms with E-state index in [4.69, 9.17) is 11.6 Å². The lowest BCUT2D eigenvalue weighted by Gasteiger charge is -2.07. The smallest absolute Gasteiger partial charge is 0.158 e. The molecule has 0 radical (unpaired) electrons. The van der Waals surface area contributed by atoms with Gasteiger partial charge in [-0.1, -0.05) is 11.6 Å². The summed E-state index contributed by atoms with van der Waals surface area (Å²) in [5, 5.41) is 0.468. The van der Waals surface area contributed by atoms with Crippen LogP contribution in [0, 0.1) is 0 Å². The van der Waals surface area contributed by atoms with Gasteiger partial charge >= 0.3 is 0 Å². The molecule has 1 aliphatic carbocycles. The van der Waals surface area contributed by atoms with Gasteiger partial charge in [0.05, 0.1) is 10.8 Å². The molecule has 3 nitrogen and oxygen atoms in total. The molecule has 0 unspecified atom stereocenters. The predicted octanol–water partition coefficient (Wildman–Crippen LogP) is 3.60. The average molecular weight is 303 g/mol. The third kappa shape index (κ3) is 2.74. The van der Waals surface area contributed by atoms with Crippen molar-refractivity contribution >= 4 is 39.7 Å². The molecule has 1 heterocycles. The minimum atomic E-state index is 0.468. The summed E-state index contributed by atoms with van der Waals surface area (Å²) < 4.78 is 0.847. The van der Waals surface area contributed by atoms with Gasteiger partial charge in [-0.25, -0.2) is 9.98 Å². The maximum Gasteiger partial charge on any atom is 0.158 e. The van der Waals surface area contributed by atoms with E-state index in [-0.39, 0.29) is 0 Å². The second-order valence-electron chi connectivity index (χ2n) is 4.16. The number of aliphatic imine (C=N–C) groups is 1. The first-order valence-electron chi connectivity index (χ1n) is 5.14. The number of halogens is 2. The second-order valence-corrected chi connectivity index (χ2v) is 5.37. The number of nitrogens with zero attached hydrogens (tertiary/aromatic N) is 3. The van der Waals surface area contributed by atoms with E-state index in [2.05, 4.69) is 25.9 Å². The zero-order chi connectivity index (χ0) is 11.7. The third-order valence-corrected chi connectivity index (χ3v) is 3.49. The van der Waals surface area contributed by atoms with E-state index in [1.54, 1.807) is 6.34 Å². The van der Waals surface area contributed by atoms with Crippen LogP contribution in [0.3, 0.4) is 0 Å². The quantitative estimate of drug-likeness (QED) is 0.485. The summed E-state index contributed by atoms with van der Waals surface area (Å²) in [6.45, 7) is 0. The molecule has 1 aromatic rings. The largest absolute Gasteiger partial charge is 0.369 e. The highest BCUT2D eigenvalue weighted by atomic mass is 79.9. The molecule has 1 aliphatic rings. The highest BCUT2D eigenvalue weighted by Gasteiger charge is 2.27. The Morgan fingerprint density at radius 1 is 1.56 bits per heavy atom. The van der Waals surface area contributed by atoms with Crippen LogP contribution in [0.15, 0.2) is 15.5 Å². The Balaban J connectivity index is 2.37. The first-order valence-corrected chi connectivity index (χ1v) is 6.31. The van der Waals surface area contributed by atoms with Gasteiger partial charge in [-0.15, -0.1) is 0 Å². The Labute approximate surface area is 109 Å². The maximum absolute atomic E-state index is 5.98. The fourth-order valence-electron chi connectivity index (χ4n) is 1.44. The van der Waals surface area contributed by atoms with E-state index in [9.17, 15) is 0 Å². The summed E-state index contributed by atoms with van der Waals surface area (Å²) in [6, 6.07) is 2.04. The molecule has 0 aromatic carbocycles. The number of pyridine rings is 1. The van der Waals surface area contributed by atoms with E-state index in [0.717, 1.165) is 10.3 Å². The molecule has 0 amide bonds. The molecule has 1 fully saturated rings. The Morgan fingerprint density at radius 2 is 2.25 bits per heavy atom. The van der Waals surface area contributed by atoms with Crippen LogP contribution in [0.4, 0.5) is 5.82 Å². The van der Waals surface area contributed by atoms with Crippen molar-refractivity contribution in [3.05, 3.63) is 21.3 Å². The van der Waals surface area contributed by atoms with Crippen molar-refractivity contribution in [3.8, 4) is 0 Å². The van der Waals surface area contributed by atoms with Gasteiger partial charge in [0.25, 0.3) is 0 Å². The SMILES string of the molecule is CN(C)C=Nc1nc(Cl)c(Br)cc1C1CC1. The fraction of sp³-hybridized carbons (Fsp3) is 0.455. The first kappa shape index (κ1) is 11.9. The van der Waals surface area contributed by atoms with Gasteiger partial charge < -0.3 is 4.90 Å². The number of hydrogen-bond donors (Lipinski definition) is 0. The highest BCUT2D eigenvalue weighted by molar-refractivity contribution is 9.10. The molecule has 0 saturated heterocycles. The summed E-state index contributed by atoms with van der Waals surface area (Å²) in [7, 11) is 3.86. The summed E-state index contributed by atoms with van der Waals surface area (Å²) in [6.07, 6.45) is 4.19. The molecule has 5 heteroatoms. The Bertz CT molecular complexity index is 427. The summed E-state index contributed by atoms with van der Waals surface area (Å²) in [4.78, 5) is 10.5. The monoisotopic (exact) mass is 301 g/mol. The molecule has 1 saturated carbocycles. The van der Waals surface area contributed by atoms with Crippen LogP contribution in [0.2, 0.25) is 5.15 Å². The Kier molecular flexibility index (Phi) is 3.50. The first-order chi connectivity index (χ1) is 7.58. The molecule has 0 N–H and O–H groups in total. The zero-order valence-electron chi connectivity index (χ0n) is 9.24. The van der Waals surface area contributed by atoms with E-state index in [1.165, 1.54) is 18.4 Å². The normalized spacial score (nSPS) is 15.8. The van der Waals surface area contributed by atoms with Gasteiger partial charge in [-0.05, 0) is 40.8 Å². The van der Waals surface area contributed by atoms with E-state index >= 15 is 0 Å². The summed E-state index contributed by atoms with van der Waals surface area (Å²) in [5.41, 5.74) is 1.19. The lowest BCUT2D eigenvalue weighted by atomic mass is 10.2. The average Bonchev–Trinajstić information content (AvgIpc) is 3.02. The fourth-order valence-corrected chi connectivity index (χ4v) is 1.91. The van der Waals surface area contributed by atoms with Crippen molar-refractivity contribution in [2.45, 2.75) is 18.8 Å². The molecule has 0 atom stereocenters. The molecule has 16 heavy (non-hydrogen) atoms. The maximum atomic E-state index is 5.98. The molecule has 1 aromatic heterocycles. The van der Waals surface area contributed by atoms with Crippen LogP contribution in [-0.2, 0) is 0 Å². The van der Waals surface area contributed by atoms with E-state index < -0.39 is 0 Å². The molecule has 0 aliphatic heterocycles. The molecule has 0 spiro atoms. The molecular formula is C11H13BrClN3. The topological polar surface area (TPSA) is 28.5 Å². The van der Waals surface area contributed by atoms with E-state index in [0.29, 0.717) is 11.1 Å². The van der Waals surface area contributed by atoms with E-state index in [1.807, 2.05) is 25.1 Å². The van der Waals surface area contributed by atoms with Crippen LogP contribution >= 0.6 is 27.5 Å².